The lowest BCUT2D eigenvalue weighted by molar-refractivity contribution is -0.159. The number of carbonyl (C=O) groups is 3. The van der Waals surface area contributed by atoms with E-state index in [0.29, 0.717) is 6.42 Å². The second-order valence-corrected chi connectivity index (χ2v) is 4.29. The van der Waals surface area contributed by atoms with Gasteiger partial charge in [0, 0.05) is 12.3 Å². The van der Waals surface area contributed by atoms with Gasteiger partial charge in [-0.3, -0.25) is 14.4 Å². The predicted molar refractivity (Wildman–Crippen MR) is 51.0 cm³/mol. The van der Waals surface area contributed by atoms with Gasteiger partial charge < -0.3 is 4.74 Å². The molecule has 0 spiro atoms. The molecule has 2 aliphatic carbocycles. The van der Waals surface area contributed by atoms with Gasteiger partial charge in [-0.15, -0.1) is 0 Å². The zero-order valence-corrected chi connectivity index (χ0v) is 8.69. The highest BCUT2D eigenvalue weighted by Crippen LogP contribution is 2.39. The van der Waals surface area contributed by atoms with Crippen molar-refractivity contribution in [1.82, 2.24) is 0 Å². The quantitative estimate of drug-likeness (QED) is 0.473. The van der Waals surface area contributed by atoms with Crippen molar-refractivity contribution in [1.29, 1.82) is 0 Å². The molecule has 0 saturated heterocycles. The molecular formula is C11H14O4. The fourth-order valence-electron chi connectivity index (χ4n) is 2.70. The van der Waals surface area contributed by atoms with Gasteiger partial charge in [0.15, 0.2) is 0 Å². The van der Waals surface area contributed by atoms with Gasteiger partial charge in [-0.1, -0.05) is 6.42 Å². The highest BCUT2D eigenvalue weighted by atomic mass is 16.5. The molecule has 2 aliphatic rings. The number of hydrogen-bond donors (Lipinski definition) is 0. The van der Waals surface area contributed by atoms with Crippen LogP contribution in [0.15, 0.2) is 0 Å². The summed E-state index contributed by atoms with van der Waals surface area (Å²) in [4.78, 5) is 34.9. The van der Waals surface area contributed by atoms with Crippen LogP contribution in [-0.2, 0) is 19.1 Å². The van der Waals surface area contributed by atoms with Gasteiger partial charge in [-0.2, -0.15) is 0 Å². The Morgan fingerprint density at radius 2 is 2.07 bits per heavy atom. The van der Waals surface area contributed by atoms with E-state index in [-0.39, 0.29) is 23.9 Å². The van der Waals surface area contributed by atoms with E-state index in [4.69, 9.17) is 0 Å². The lowest BCUT2D eigenvalue weighted by atomic mass is 9.65. The van der Waals surface area contributed by atoms with Crippen LogP contribution in [-0.4, -0.2) is 24.6 Å². The molecule has 0 unspecified atom stereocenters. The van der Waals surface area contributed by atoms with Crippen molar-refractivity contribution < 1.29 is 19.1 Å². The van der Waals surface area contributed by atoms with Crippen molar-refractivity contribution in [3.63, 3.8) is 0 Å². The van der Waals surface area contributed by atoms with Crippen LogP contribution in [0.25, 0.3) is 0 Å². The van der Waals surface area contributed by atoms with Crippen molar-refractivity contribution in [3.8, 4) is 0 Å². The van der Waals surface area contributed by atoms with Gasteiger partial charge in [0.2, 0.25) is 0 Å². The summed E-state index contributed by atoms with van der Waals surface area (Å²) in [6.45, 7) is 0. The van der Waals surface area contributed by atoms with E-state index in [9.17, 15) is 14.4 Å². The molecule has 0 aromatic heterocycles. The first kappa shape index (κ1) is 10.3. The van der Waals surface area contributed by atoms with Gasteiger partial charge >= 0.3 is 5.97 Å². The summed E-state index contributed by atoms with van der Waals surface area (Å²) < 4.78 is 4.63. The smallest absolute Gasteiger partial charge is 0.309 e. The molecule has 0 radical (unpaired) electrons. The molecule has 82 valence electrons. The maximum Gasteiger partial charge on any atom is 0.309 e. The number of hydrogen-bond acceptors (Lipinski definition) is 4. The highest BCUT2D eigenvalue weighted by Gasteiger charge is 2.48. The Morgan fingerprint density at radius 1 is 1.33 bits per heavy atom. The average molecular weight is 210 g/mol. The Hall–Kier alpha value is -1.19. The van der Waals surface area contributed by atoms with E-state index in [1.807, 2.05) is 0 Å². The average Bonchev–Trinajstić information content (AvgIpc) is 2.22. The normalized spacial score (nSPS) is 35.1. The molecule has 4 heteroatoms. The minimum absolute atomic E-state index is 0.0344. The summed E-state index contributed by atoms with van der Waals surface area (Å²) in [5.41, 5.74) is 0. The van der Waals surface area contributed by atoms with Crippen LogP contribution < -0.4 is 0 Å². The maximum absolute atomic E-state index is 11.8. The van der Waals surface area contributed by atoms with Gasteiger partial charge in [0.25, 0.3) is 0 Å². The van der Waals surface area contributed by atoms with Crippen LogP contribution in [0.2, 0.25) is 0 Å². The molecule has 0 heterocycles. The Labute approximate surface area is 88.0 Å². The van der Waals surface area contributed by atoms with E-state index in [0.717, 1.165) is 12.8 Å². The molecular weight excluding hydrogens is 196 g/mol. The van der Waals surface area contributed by atoms with Gasteiger partial charge in [0.1, 0.15) is 11.6 Å². The fraction of sp³-hybridized carbons (Fsp3) is 0.727. The lowest BCUT2D eigenvalue weighted by Gasteiger charge is -2.36. The monoisotopic (exact) mass is 210 g/mol. The van der Waals surface area contributed by atoms with Crippen molar-refractivity contribution in [2.75, 3.05) is 7.11 Å². The van der Waals surface area contributed by atoms with Crippen molar-refractivity contribution >= 4 is 17.5 Å². The van der Waals surface area contributed by atoms with E-state index >= 15 is 0 Å². The number of fused-ring (bicyclic) bond motifs is 2. The summed E-state index contributed by atoms with van der Waals surface area (Å²) in [6.07, 6.45) is 2.44. The lowest BCUT2D eigenvalue weighted by Crippen LogP contribution is -2.46. The molecule has 4 nitrogen and oxygen atoms in total. The largest absolute Gasteiger partial charge is 0.469 e. The van der Waals surface area contributed by atoms with Crippen LogP contribution in [0.1, 0.15) is 25.7 Å². The molecule has 2 bridgehead atoms. The third kappa shape index (κ3) is 1.58. The number of carbonyl (C=O) groups excluding carboxylic acids is 3. The van der Waals surface area contributed by atoms with E-state index in [1.54, 1.807) is 0 Å². The number of esters is 1. The second-order valence-electron chi connectivity index (χ2n) is 4.29. The van der Waals surface area contributed by atoms with Crippen LogP contribution in [0.5, 0.6) is 0 Å². The molecule has 0 amide bonds. The number of rotatable bonds is 1. The van der Waals surface area contributed by atoms with Crippen LogP contribution in [0.4, 0.5) is 0 Å². The number of Topliss-reactive ketones (excluding diaryl/α,β-unsaturated/α-hetero) is 2. The third-order valence-electron chi connectivity index (χ3n) is 3.52. The van der Waals surface area contributed by atoms with E-state index < -0.39 is 17.8 Å². The maximum atomic E-state index is 11.8. The zero-order chi connectivity index (χ0) is 11.0. The van der Waals surface area contributed by atoms with Crippen molar-refractivity contribution in [2.24, 2.45) is 17.8 Å². The van der Waals surface area contributed by atoms with E-state index in [2.05, 4.69) is 4.74 Å². The number of methoxy groups -OCH3 is 1. The van der Waals surface area contributed by atoms with Gasteiger partial charge in [-0.25, -0.2) is 0 Å². The summed E-state index contributed by atoms with van der Waals surface area (Å²) in [7, 11) is 1.30. The van der Waals surface area contributed by atoms with Crippen molar-refractivity contribution in [2.45, 2.75) is 25.7 Å². The first-order valence-corrected chi connectivity index (χ1v) is 5.29. The summed E-state index contributed by atoms with van der Waals surface area (Å²) in [5.74, 6) is -1.74. The first-order chi connectivity index (χ1) is 7.15. The highest BCUT2D eigenvalue weighted by molar-refractivity contribution is 6.08. The topological polar surface area (TPSA) is 60.4 Å². The molecule has 2 rings (SSSR count). The first-order valence-electron chi connectivity index (χ1n) is 5.29. The van der Waals surface area contributed by atoms with E-state index in [1.165, 1.54) is 7.11 Å². The predicted octanol–water partition coefficient (Wildman–Crippen LogP) is 0.734. The fourth-order valence-corrected chi connectivity index (χ4v) is 2.70. The molecule has 0 aromatic rings. The Balaban J connectivity index is 2.24. The molecule has 2 fully saturated rings. The molecule has 0 N–H and O–H groups in total. The summed E-state index contributed by atoms with van der Waals surface area (Å²) in [5, 5.41) is 0. The number of ketones is 2. The standard InChI is InChI=1S/C11H14O4/c1-15-11(14)8-5-9(12)7-4-2-3-6(8)10(7)13/h6-8H,2-5H2,1H3/t6-,7+,8+/m1/s1. The Kier molecular flexibility index (Phi) is 2.59. The minimum atomic E-state index is -0.522. The molecule has 2 saturated carbocycles. The Morgan fingerprint density at radius 3 is 2.73 bits per heavy atom. The molecule has 0 aromatic carbocycles. The minimum Gasteiger partial charge on any atom is -0.469 e. The Bertz CT molecular complexity index is 321. The number of ether oxygens (including phenoxy) is 1. The van der Waals surface area contributed by atoms with Gasteiger partial charge in [-0.05, 0) is 12.8 Å². The molecule has 15 heavy (non-hydrogen) atoms. The zero-order valence-electron chi connectivity index (χ0n) is 8.69. The van der Waals surface area contributed by atoms with Gasteiger partial charge in [0.05, 0.1) is 18.9 Å². The summed E-state index contributed by atoms with van der Waals surface area (Å²) >= 11 is 0. The van der Waals surface area contributed by atoms with Crippen LogP contribution in [0.3, 0.4) is 0 Å². The molecule has 0 aliphatic heterocycles. The summed E-state index contributed by atoms with van der Waals surface area (Å²) in [6, 6.07) is 0. The van der Waals surface area contributed by atoms with Crippen LogP contribution in [0, 0.1) is 17.8 Å². The second kappa shape index (κ2) is 3.76. The van der Waals surface area contributed by atoms with Crippen LogP contribution >= 0.6 is 0 Å². The SMILES string of the molecule is COC(=O)[C@H]1CC(=O)[C@@H]2CCC[C@H]1C2=O. The van der Waals surface area contributed by atoms with Crippen molar-refractivity contribution in [3.05, 3.63) is 0 Å². The third-order valence-corrected chi connectivity index (χ3v) is 3.52. The molecule has 3 atom stereocenters.